The third-order valence-electron chi connectivity index (χ3n) is 3.96. The van der Waals surface area contributed by atoms with Crippen molar-refractivity contribution in [2.45, 2.75) is 114 Å². The summed E-state index contributed by atoms with van der Waals surface area (Å²) in [6.07, 6.45) is 23.3. The first-order valence-corrected chi connectivity index (χ1v) is 12.3. The Bertz CT molecular complexity index is 247. The molecule has 0 fully saturated rings. The van der Waals surface area contributed by atoms with Gasteiger partial charge in [-0.3, -0.25) is 0 Å². The number of phosphoric acid groups is 1. The smallest absolute Gasteiger partial charge is 0.303 e. The summed E-state index contributed by atoms with van der Waals surface area (Å²) in [7, 11) is -4.64. The maximum absolute atomic E-state index is 8.88. The average molecular weight is 459 g/mol. The topological polar surface area (TPSA) is 77.8 Å². The van der Waals surface area contributed by atoms with Crippen molar-refractivity contribution < 1.29 is 40.3 Å². The molecule has 0 amide bonds. The predicted molar refractivity (Wildman–Crippen MR) is 98.6 cm³/mol. The summed E-state index contributed by atoms with van der Waals surface area (Å²) >= 11 is 3.51. The molecule has 3 N–H and O–H groups in total. The van der Waals surface area contributed by atoms with Gasteiger partial charge in [-0.25, -0.2) is 4.57 Å². The number of hydrogen-bond donors (Lipinski definition) is 3. The maximum atomic E-state index is 8.88. The second-order valence-corrected chi connectivity index (χ2v) is 8.24. The van der Waals surface area contributed by atoms with Crippen LogP contribution < -0.4 is 0 Å². The standard InChI is InChI=1S/C18H37.Ag.H3O4P/c1-3-5-7-9-11-13-15-17-18-16-14-12-10-8-6-4-2;;1-5(2,3)4/h1,3-18H2,2H3;;(H3,1,2,3,4). The van der Waals surface area contributed by atoms with Crippen molar-refractivity contribution in [3.05, 3.63) is 0 Å². The van der Waals surface area contributed by atoms with E-state index >= 15 is 0 Å². The first-order chi connectivity index (χ1) is 11.4. The second kappa shape index (κ2) is 21.9. The Morgan fingerprint density at radius 2 is 0.792 bits per heavy atom. The van der Waals surface area contributed by atoms with Gasteiger partial charge in [-0.15, -0.1) is 0 Å². The van der Waals surface area contributed by atoms with Crippen molar-refractivity contribution in [2.75, 3.05) is 0 Å². The van der Waals surface area contributed by atoms with Gasteiger partial charge in [0.2, 0.25) is 0 Å². The van der Waals surface area contributed by atoms with Crippen LogP contribution in [0.25, 0.3) is 0 Å². The van der Waals surface area contributed by atoms with E-state index in [-0.39, 0.29) is 0 Å². The van der Waals surface area contributed by atoms with E-state index in [2.05, 4.69) is 28.0 Å². The minimum atomic E-state index is -4.64. The summed E-state index contributed by atoms with van der Waals surface area (Å²) in [5, 5.41) is 0. The van der Waals surface area contributed by atoms with Gasteiger partial charge in [-0.05, 0) is 0 Å². The normalized spacial score (nSPS) is 11.2. The summed E-state index contributed by atoms with van der Waals surface area (Å²) < 4.78 is 10.1. The van der Waals surface area contributed by atoms with Gasteiger partial charge >= 0.3 is 104 Å². The zero-order chi connectivity index (χ0) is 18.5. The van der Waals surface area contributed by atoms with Crippen molar-refractivity contribution in [3.63, 3.8) is 0 Å². The van der Waals surface area contributed by atoms with Gasteiger partial charge in [0.15, 0.2) is 0 Å². The molecular weight excluding hydrogens is 419 g/mol. The van der Waals surface area contributed by atoms with Crippen LogP contribution in [0.15, 0.2) is 0 Å². The average Bonchev–Trinajstić information content (AvgIpc) is 2.49. The van der Waals surface area contributed by atoms with Crippen molar-refractivity contribution in [3.8, 4) is 0 Å². The molecule has 0 aliphatic rings. The molecule has 0 heterocycles. The molecule has 0 unspecified atom stereocenters. The molecule has 0 bridgehead atoms. The van der Waals surface area contributed by atoms with Gasteiger partial charge in [0.25, 0.3) is 0 Å². The van der Waals surface area contributed by atoms with Crippen LogP contribution in [0, 0.1) is 0 Å². The Labute approximate surface area is 162 Å². The first kappa shape index (κ1) is 27.1. The SMILES string of the molecule is CCCCCCCCCCCCCCCCC[CH2][Ag].O=P(O)(O)O. The Balaban J connectivity index is 0. The van der Waals surface area contributed by atoms with E-state index in [0.29, 0.717) is 0 Å². The summed E-state index contributed by atoms with van der Waals surface area (Å²) in [6.45, 7) is 2.29. The second-order valence-electron chi connectivity index (χ2n) is 6.47. The van der Waals surface area contributed by atoms with Gasteiger partial charge in [-0.1, -0.05) is 39.0 Å². The third-order valence-corrected chi connectivity index (χ3v) is 4.48. The fourth-order valence-electron chi connectivity index (χ4n) is 2.62. The van der Waals surface area contributed by atoms with Gasteiger partial charge in [-0.2, -0.15) is 0 Å². The molecule has 0 radical (unpaired) electrons. The van der Waals surface area contributed by atoms with E-state index in [1.165, 1.54) is 107 Å². The quantitative estimate of drug-likeness (QED) is 0.144. The summed E-state index contributed by atoms with van der Waals surface area (Å²) in [6, 6.07) is 0. The fourth-order valence-corrected chi connectivity index (χ4v) is 2.99. The Morgan fingerprint density at radius 3 is 1.00 bits per heavy atom. The monoisotopic (exact) mass is 458 g/mol. The van der Waals surface area contributed by atoms with Crippen LogP contribution in [0.5, 0.6) is 0 Å². The molecule has 0 rings (SSSR count). The van der Waals surface area contributed by atoms with Gasteiger partial charge < -0.3 is 14.7 Å². The van der Waals surface area contributed by atoms with E-state index in [1.54, 1.807) is 0 Å². The molecule has 0 aliphatic heterocycles. The van der Waals surface area contributed by atoms with E-state index in [4.69, 9.17) is 19.2 Å². The predicted octanol–water partition coefficient (Wildman–Crippen LogP) is 6.28. The molecule has 0 spiro atoms. The van der Waals surface area contributed by atoms with E-state index in [1.807, 2.05) is 0 Å². The number of unbranched alkanes of at least 4 members (excludes halogenated alkanes) is 15. The Hall–Kier alpha value is 0.850. The van der Waals surface area contributed by atoms with Crippen LogP contribution >= 0.6 is 7.82 Å². The van der Waals surface area contributed by atoms with Crippen LogP contribution in [0.3, 0.4) is 0 Å². The van der Waals surface area contributed by atoms with Gasteiger partial charge in [0.05, 0.1) is 0 Å². The molecule has 0 atom stereocenters. The van der Waals surface area contributed by atoms with Gasteiger partial charge in [0, 0.05) is 0 Å². The molecule has 0 aliphatic carbocycles. The maximum Gasteiger partial charge on any atom is 0.466 e. The largest absolute Gasteiger partial charge is 0.466 e. The van der Waals surface area contributed by atoms with E-state index < -0.39 is 7.82 Å². The molecule has 152 valence electrons. The third kappa shape index (κ3) is 38.4. The summed E-state index contributed by atoms with van der Waals surface area (Å²) in [5.41, 5.74) is 0. The minimum absolute atomic E-state index is 1.18. The van der Waals surface area contributed by atoms with E-state index in [0.717, 1.165) is 0 Å². The molecule has 0 aromatic rings. The number of hydrogen-bond acceptors (Lipinski definition) is 1. The zero-order valence-corrected chi connectivity index (χ0v) is 17.9. The first-order valence-electron chi connectivity index (χ1n) is 9.70. The van der Waals surface area contributed by atoms with Gasteiger partial charge in [0.1, 0.15) is 0 Å². The van der Waals surface area contributed by atoms with Crippen molar-refractivity contribution >= 4 is 7.82 Å². The summed E-state index contributed by atoms with van der Waals surface area (Å²) in [5.74, 6) is 0. The van der Waals surface area contributed by atoms with Crippen LogP contribution in [-0.2, 0) is 25.6 Å². The molecule has 6 heteroatoms. The molecule has 0 aromatic heterocycles. The van der Waals surface area contributed by atoms with Crippen LogP contribution in [0.4, 0.5) is 0 Å². The molecule has 4 nitrogen and oxygen atoms in total. The number of rotatable bonds is 16. The molecule has 0 aromatic carbocycles. The zero-order valence-electron chi connectivity index (χ0n) is 15.5. The van der Waals surface area contributed by atoms with Crippen molar-refractivity contribution in [2.24, 2.45) is 0 Å². The fraction of sp³-hybridized carbons (Fsp3) is 1.00. The molecule has 0 saturated carbocycles. The molecule has 0 saturated heterocycles. The molecular formula is C18H40AgO4P. The Kier molecular flexibility index (Phi) is 24.7. The summed E-state index contributed by atoms with van der Waals surface area (Å²) in [4.78, 5) is 21.6. The molecule has 24 heavy (non-hydrogen) atoms. The van der Waals surface area contributed by atoms with Crippen molar-refractivity contribution in [1.29, 1.82) is 0 Å². The van der Waals surface area contributed by atoms with Crippen LogP contribution in [-0.4, -0.2) is 14.7 Å². The van der Waals surface area contributed by atoms with Crippen molar-refractivity contribution in [1.82, 2.24) is 0 Å². The van der Waals surface area contributed by atoms with Crippen LogP contribution in [0.1, 0.15) is 110 Å². The minimum Gasteiger partial charge on any atom is -0.303 e. The van der Waals surface area contributed by atoms with E-state index in [9.17, 15) is 0 Å². The van der Waals surface area contributed by atoms with Crippen LogP contribution in [0.2, 0.25) is 4.64 Å². The Morgan fingerprint density at radius 1 is 0.583 bits per heavy atom.